The molecule has 1 aromatic rings. The number of ketones is 1. The summed E-state index contributed by atoms with van der Waals surface area (Å²) in [5.74, 6) is 4.58. The van der Waals surface area contributed by atoms with Crippen molar-refractivity contribution in [2.24, 2.45) is 46.3 Å². The third-order valence-electron chi connectivity index (χ3n) is 13.6. The fourth-order valence-corrected chi connectivity index (χ4v) is 11.1. The Morgan fingerprint density at radius 1 is 0.905 bits per heavy atom. The van der Waals surface area contributed by atoms with Gasteiger partial charge in [0.05, 0.1) is 5.60 Å². The Kier molecular flexibility index (Phi) is 10.2. The highest BCUT2D eigenvalue weighted by Gasteiger charge is 2.63. The number of carbonyl (C=O) groups is 1. The SMILES string of the molecule is CCCCCCCCCCCC[C@@]1(O)CC[C@@]2(C)[C@@H](C[C@@H](C)[C@@H]3[C@@H]2CC[C@]2(C)[C@@H](C(=O)Cn4nnnc4C)CC[C@@H]32)C1. The van der Waals surface area contributed by atoms with Crippen molar-refractivity contribution in [2.45, 2.75) is 169 Å². The van der Waals surface area contributed by atoms with Gasteiger partial charge in [-0.25, -0.2) is 4.68 Å². The van der Waals surface area contributed by atoms with E-state index in [1.54, 1.807) is 4.68 Å². The van der Waals surface area contributed by atoms with Gasteiger partial charge in [-0.3, -0.25) is 4.79 Å². The predicted octanol–water partition coefficient (Wildman–Crippen LogP) is 8.50. The first-order valence-corrected chi connectivity index (χ1v) is 18.1. The van der Waals surface area contributed by atoms with Gasteiger partial charge in [0.1, 0.15) is 12.4 Å². The highest BCUT2D eigenvalue weighted by Crippen LogP contribution is 2.69. The molecule has 42 heavy (non-hydrogen) atoms. The smallest absolute Gasteiger partial charge is 0.158 e. The molecule has 4 saturated carbocycles. The number of aryl methyl sites for hydroxylation is 1. The standard InChI is InChI=1S/C36H62N4O2/c1-6-7-8-9-10-11-12-13-14-15-19-36(42)22-21-34(4)28(24-36)23-26(2)33-30-17-16-29(35(30,5)20-18-31(33)34)32(41)25-40-27(3)37-38-39-40/h26,28-31,33,42H,6-25H2,1-5H3/t26-,28+,29-,30+,31+,33+,34+,35-,36-/m1/s1. The maximum absolute atomic E-state index is 13.6. The summed E-state index contributed by atoms with van der Waals surface area (Å²) in [5.41, 5.74) is -0.00403. The van der Waals surface area contributed by atoms with E-state index in [-0.39, 0.29) is 11.3 Å². The molecule has 238 valence electrons. The number of fused-ring (bicyclic) bond motifs is 5. The monoisotopic (exact) mass is 582 g/mol. The largest absolute Gasteiger partial charge is 0.390 e. The van der Waals surface area contributed by atoms with Gasteiger partial charge >= 0.3 is 0 Å². The Bertz CT molecular complexity index is 1040. The molecule has 0 aliphatic heterocycles. The molecule has 5 rings (SSSR count). The highest BCUT2D eigenvalue weighted by atomic mass is 16.3. The van der Waals surface area contributed by atoms with Crippen LogP contribution in [-0.2, 0) is 11.3 Å². The van der Waals surface area contributed by atoms with E-state index < -0.39 is 5.60 Å². The predicted molar refractivity (Wildman–Crippen MR) is 169 cm³/mol. The first kappa shape index (κ1) is 32.1. The molecular formula is C36H62N4O2. The number of hydrogen-bond donors (Lipinski definition) is 1. The topological polar surface area (TPSA) is 80.9 Å². The zero-order valence-electron chi connectivity index (χ0n) is 27.8. The molecule has 4 fully saturated rings. The molecule has 6 nitrogen and oxygen atoms in total. The molecule has 0 amide bonds. The number of carbonyl (C=O) groups excluding carboxylic acids is 1. The number of aliphatic hydroxyl groups is 1. The Balaban J connectivity index is 1.14. The van der Waals surface area contributed by atoms with Crippen molar-refractivity contribution in [3.05, 3.63) is 5.82 Å². The van der Waals surface area contributed by atoms with E-state index in [0.717, 1.165) is 37.4 Å². The highest BCUT2D eigenvalue weighted by molar-refractivity contribution is 5.82. The normalized spacial score (nSPS) is 39.5. The molecule has 1 heterocycles. The van der Waals surface area contributed by atoms with Crippen LogP contribution in [0.1, 0.15) is 156 Å². The lowest BCUT2D eigenvalue weighted by atomic mass is 9.41. The quantitative estimate of drug-likeness (QED) is 0.222. The minimum absolute atomic E-state index is 0.0997. The molecule has 0 unspecified atom stereocenters. The van der Waals surface area contributed by atoms with Crippen molar-refractivity contribution in [1.82, 2.24) is 20.2 Å². The summed E-state index contributed by atoms with van der Waals surface area (Å²) < 4.78 is 1.68. The van der Waals surface area contributed by atoms with E-state index in [1.165, 1.54) is 96.3 Å². The van der Waals surface area contributed by atoms with Crippen LogP contribution in [0.25, 0.3) is 0 Å². The van der Waals surface area contributed by atoms with Crippen LogP contribution in [-0.4, -0.2) is 36.7 Å². The zero-order chi connectivity index (χ0) is 30.0. The Morgan fingerprint density at radius 2 is 1.57 bits per heavy atom. The van der Waals surface area contributed by atoms with Gasteiger partial charge in [0.2, 0.25) is 0 Å². The number of aromatic nitrogens is 4. The van der Waals surface area contributed by atoms with Gasteiger partial charge in [-0.1, -0.05) is 91.9 Å². The van der Waals surface area contributed by atoms with Gasteiger partial charge in [-0.15, -0.1) is 5.10 Å². The fourth-order valence-electron chi connectivity index (χ4n) is 11.1. The molecule has 0 aromatic carbocycles. The number of tetrazole rings is 1. The van der Waals surface area contributed by atoms with Gasteiger partial charge in [0.25, 0.3) is 0 Å². The summed E-state index contributed by atoms with van der Waals surface area (Å²) in [4.78, 5) is 13.6. The molecule has 1 N–H and O–H groups in total. The molecule has 9 atom stereocenters. The summed E-state index contributed by atoms with van der Waals surface area (Å²) >= 11 is 0. The van der Waals surface area contributed by atoms with Crippen LogP contribution in [0.2, 0.25) is 0 Å². The van der Waals surface area contributed by atoms with Crippen molar-refractivity contribution in [3.63, 3.8) is 0 Å². The molecule has 6 heteroatoms. The summed E-state index contributed by atoms with van der Waals surface area (Å²) in [7, 11) is 0. The number of Topliss-reactive ketones (excluding diaryl/α,β-unsaturated/α-hetero) is 1. The van der Waals surface area contributed by atoms with Crippen molar-refractivity contribution < 1.29 is 9.90 Å². The van der Waals surface area contributed by atoms with E-state index >= 15 is 0 Å². The van der Waals surface area contributed by atoms with E-state index in [0.29, 0.717) is 41.4 Å². The molecule has 0 bridgehead atoms. The average molecular weight is 583 g/mol. The van der Waals surface area contributed by atoms with Gasteiger partial charge < -0.3 is 5.11 Å². The van der Waals surface area contributed by atoms with Crippen molar-refractivity contribution in [1.29, 1.82) is 0 Å². The molecule has 0 radical (unpaired) electrons. The van der Waals surface area contributed by atoms with Gasteiger partial charge in [-0.05, 0) is 116 Å². The van der Waals surface area contributed by atoms with E-state index in [2.05, 4.69) is 43.2 Å². The van der Waals surface area contributed by atoms with Crippen LogP contribution in [0.5, 0.6) is 0 Å². The summed E-state index contributed by atoms with van der Waals surface area (Å²) in [5, 5.41) is 23.6. The van der Waals surface area contributed by atoms with Crippen LogP contribution >= 0.6 is 0 Å². The molecular weight excluding hydrogens is 520 g/mol. The second-order valence-electron chi connectivity index (χ2n) is 16.1. The Morgan fingerprint density at radius 3 is 2.24 bits per heavy atom. The Hall–Kier alpha value is -1.30. The summed E-state index contributed by atoms with van der Waals surface area (Å²) in [6.07, 6.45) is 23.6. The minimum atomic E-state index is -0.445. The van der Waals surface area contributed by atoms with Crippen LogP contribution in [0.3, 0.4) is 0 Å². The van der Waals surface area contributed by atoms with Crippen molar-refractivity contribution in [3.8, 4) is 0 Å². The molecule has 0 saturated heterocycles. The number of rotatable bonds is 14. The van der Waals surface area contributed by atoms with Crippen molar-refractivity contribution >= 4 is 5.78 Å². The molecule has 0 spiro atoms. The van der Waals surface area contributed by atoms with Crippen LogP contribution in [0.4, 0.5) is 0 Å². The number of nitrogens with zero attached hydrogens (tertiary/aromatic N) is 4. The second kappa shape index (κ2) is 13.4. The zero-order valence-corrected chi connectivity index (χ0v) is 27.8. The molecule has 4 aliphatic rings. The first-order chi connectivity index (χ1) is 20.1. The van der Waals surface area contributed by atoms with Gasteiger partial charge in [-0.2, -0.15) is 0 Å². The summed E-state index contributed by atoms with van der Waals surface area (Å²) in [6, 6.07) is 0. The van der Waals surface area contributed by atoms with Crippen LogP contribution < -0.4 is 0 Å². The molecule has 4 aliphatic carbocycles. The van der Waals surface area contributed by atoms with Crippen LogP contribution in [0.15, 0.2) is 0 Å². The lowest BCUT2D eigenvalue weighted by molar-refractivity contribution is -0.170. The van der Waals surface area contributed by atoms with E-state index in [1.807, 2.05) is 6.92 Å². The van der Waals surface area contributed by atoms with Gasteiger partial charge in [0.15, 0.2) is 5.78 Å². The summed E-state index contributed by atoms with van der Waals surface area (Å²) in [6.45, 7) is 12.0. The third kappa shape index (κ3) is 6.40. The second-order valence-corrected chi connectivity index (χ2v) is 16.1. The van der Waals surface area contributed by atoms with E-state index in [4.69, 9.17) is 0 Å². The van der Waals surface area contributed by atoms with Crippen molar-refractivity contribution in [2.75, 3.05) is 0 Å². The lowest BCUT2D eigenvalue weighted by Gasteiger charge is -2.64. The maximum Gasteiger partial charge on any atom is 0.158 e. The average Bonchev–Trinajstić information content (AvgIpc) is 3.52. The van der Waals surface area contributed by atoms with Gasteiger partial charge in [0, 0.05) is 5.92 Å². The minimum Gasteiger partial charge on any atom is -0.390 e. The number of hydrogen-bond acceptors (Lipinski definition) is 5. The maximum atomic E-state index is 13.6. The first-order valence-electron chi connectivity index (χ1n) is 18.1. The fraction of sp³-hybridized carbons (Fsp3) is 0.944. The lowest BCUT2D eigenvalue weighted by Crippen LogP contribution is -2.58. The van der Waals surface area contributed by atoms with Crippen LogP contribution in [0, 0.1) is 53.3 Å². The Labute approximate surface area is 256 Å². The molecule has 1 aromatic heterocycles. The third-order valence-corrected chi connectivity index (χ3v) is 13.6. The number of unbranched alkanes of at least 4 members (excludes halogenated alkanes) is 9. The van der Waals surface area contributed by atoms with E-state index in [9.17, 15) is 9.90 Å².